The molecule has 2 aromatic rings. The van der Waals surface area contributed by atoms with E-state index in [0.29, 0.717) is 6.54 Å². The van der Waals surface area contributed by atoms with E-state index in [2.05, 4.69) is 21.2 Å². The van der Waals surface area contributed by atoms with Gasteiger partial charge in [0.05, 0.1) is 11.4 Å². The number of rotatable bonds is 4. The summed E-state index contributed by atoms with van der Waals surface area (Å²) in [6.07, 6.45) is 0. The molecule has 0 aliphatic carbocycles. The quantitative estimate of drug-likeness (QED) is 0.799. The van der Waals surface area contributed by atoms with Gasteiger partial charge in [-0.05, 0) is 30.3 Å². The van der Waals surface area contributed by atoms with E-state index in [-0.39, 0.29) is 11.5 Å². The van der Waals surface area contributed by atoms with Crippen LogP contribution in [0.5, 0.6) is 11.5 Å². The lowest BCUT2D eigenvalue weighted by atomic mass is 10.1. The number of aromatic hydroxyl groups is 2. The fourth-order valence-electron chi connectivity index (χ4n) is 1.93. The van der Waals surface area contributed by atoms with Crippen LogP contribution in [0.15, 0.2) is 40.9 Å². The van der Waals surface area contributed by atoms with Gasteiger partial charge in [-0.15, -0.1) is 0 Å². The average Bonchev–Trinajstić information content (AvgIpc) is 2.37. The molecule has 0 aromatic heterocycles. The van der Waals surface area contributed by atoms with Gasteiger partial charge in [0.1, 0.15) is 11.5 Å². The van der Waals surface area contributed by atoms with Gasteiger partial charge >= 0.3 is 0 Å². The molecule has 0 aliphatic heterocycles. The standard InChI is InChI=1S/C15H17BrN2O2/c1-18(2)14-6-4-11(16)7-13(14)17-9-10-3-5-12(19)8-15(10)20/h3-8,17,19-20H,9H2,1-2H3. The van der Waals surface area contributed by atoms with E-state index >= 15 is 0 Å². The number of anilines is 2. The molecule has 0 radical (unpaired) electrons. The van der Waals surface area contributed by atoms with Crippen LogP contribution in [0, 0.1) is 0 Å². The number of hydrogen-bond donors (Lipinski definition) is 3. The van der Waals surface area contributed by atoms with Gasteiger partial charge < -0.3 is 20.4 Å². The zero-order valence-electron chi connectivity index (χ0n) is 11.4. The Kier molecular flexibility index (Phi) is 4.39. The third-order valence-electron chi connectivity index (χ3n) is 2.98. The lowest BCUT2D eigenvalue weighted by Crippen LogP contribution is -2.12. The summed E-state index contributed by atoms with van der Waals surface area (Å²) < 4.78 is 0.987. The monoisotopic (exact) mass is 336 g/mol. The minimum absolute atomic E-state index is 0.0580. The van der Waals surface area contributed by atoms with Crippen LogP contribution in [0.3, 0.4) is 0 Å². The Labute approximate surface area is 126 Å². The number of nitrogens with zero attached hydrogens (tertiary/aromatic N) is 1. The molecule has 4 nitrogen and oxygen atoms in total. The molecule has 0 unspecified atom stereocenters. The molecular formula is C15H17BrN2O2. The smallest absolute Gasteiger partial charge is 0.124 e. The molecule has 0 heterocycles. The highest BCUT2D eigenvalue weighted by atomic mass is 79.9. The van der Waals surface area contributed by atoms with Crippen molar-refractivity contribution < 1.29 is 10.2 Å². The highest BCUT2D eigenvalue weighted by molar-refractivity contribution is 9.10. The van der Waals surface area contributed by atoms with Gasteiger partial charge in [0.15, 0.2) is 0 Å². The second-order valence-electron chi connectivity index (χ2n) is 4.72. The highest BCUT2D eigenvalue weighted by Gasteiger charge is 2.07. The Morgan fingerprint density at radius 3 is 2.50 bits per heavy atom. The largest absolute Gasteiger partial charge is 0.508 e. The van der Waals surface area contributed by atoms with Crippen molar-refractivity contribution in [2.45, 2.75) is 6.54 Å². The first-order chi connectivity index (χ1) is 9.47. The minimum atomic E-state index is 0.0580. The molecular weight excluding hydrogens is 320 g/mol. The van der Waals surface area contributed by atoms with Crippen molar-refractivity contribution in [3.63, 3.8) is 0 Å². The molecule has 20 heavy (non-hydrogen) atoms. The third-order valence-corrected chi connectivity index (χ3v) is 3.47. The van der Waals surface area contributed by atoms with Crippen molar-refractivity contribution in [1.29, 1.82) is 0 Å². The topological polar surface area (TPSA) is 55.7 Å². The van der Waals surface area contributed by atoms with Crippen LogP contribution in [0.25, 0.3) is 0 Å². The third kappa shape index (κ3) is 3.36. The van der Waals surface area contributed by atoms with E-state index in [4.69, 9.17) is 0 Å². The minimum Gasteiger partial charge on any atom is -0.508 e. The highest BCUT2D eigenvalue weighted by Crippen LogP contribution is 2.29. The molecule has 0 spiro atoms. The van der Waals surface area contributed by atoms with Gasteiger partial charge in [-0.2, -0.15) is 0 Å². The molecule has 2 rings (SSSR count). The van der Waals surface area contributed by atoms with E-state index in [0.717, 1.165) is 21.4 Å². The number of hydrogen-bond acceptors (Lipinski definition) is 4. The SMILES string of the molecule is CN(C)c1ccc(Br)cc1NCc1ccc(O)cc1O. The van der Waals surface area contributed by atoms with Crippen LogP contribution >= 0.6 is 15.9 Å². The summed E-state index contributed by atoms with van der Waals surface area (Å²) in [5, 5.41) is 22.4. The predicted molar refractivity (Wildman–Crippen MR) is 85.6 cm³/mol. The van der Waals surface area contributed by atoms with Gasteiger partial charge in [0.25, 0.3) is 0 Å². The van der Waals surface area contributed by atoms with Crippen LogP contribution in [0.2, 0.25) is 0 Å². The second-order valence-corrected chi connectivity index (χ2v) is 5.64. The molecule has 0 saturated carbocycles. The number of benzene rings is 2. The first-order valence-corrected chi connectivity index (χ1v) is 6.98. The Morgan fingerprint density at radius 2 is 1.85 bits per heavy atom. The van der Waals surface area contributed by atoms with E-state index in [1.807, 2.05) is 37.2 Å². The zero-order valence-corrected chi connectivity index (χ0v) is 13.0. The molecule has 106 valence electrons. The molecule has 0 fully saturated rings. The molecule has 0 bridgehead atoms. The van der Waals surface area contributed by atoms with Crippen molar-refractivity contribution >= 4 is 27.3 Å². The van der Waals surface area contributed by atoms with E-state index in [1.54, 1.807) is 12.1 Å². The Balaban J connectivity index is 2.20. The summed E-state index contributed by atoms with van der Waals surface area (Å²) in [5.74, 6) is 0.140. The van der Waals surface area contributed by atoms with Crippen molar-refractivity contribution in [1.82, 2.24) is 0 Å². The van der Waals surface area contributed by atoms with Crippen LogP contribution < -0.4 is 10.2 Å². The fourth-order valence-corrected chi connectivity index (χ4v) is 2.29. The Morgan fingerprint density at radius 1 is 1.10 bits per heavy atom. The van der Waals surface area contributed by atoms with E-state index < -0.39 is 0 Å². The Bertz CT molecular complexity index is 615. The summed E-state index contributed by atoms with van der Waals surface area (Å²) in [6.45, 7) is 0.476. The number of nitrogens with one attached hydrogen (secondary N) is 1. The van der Waals surface area contributed by atoms with Crippen molar-refractivity contribution in [3.05, 3.63) is 46.4 Å². The number of halogens is 1. The van der Waals surface area contributed by atoms with Crippen LogP contribution in [0.1, 0.15) is 5.56 Å². The zero-order chi connectivity index (χ0) is 14.7. The molecule has 5 heteroatoms. The maximum atomic E-state index is 9.78. The van der Waals surface area contributed by atoms with Gasteiger partial charge in [-0.1, -0.05) is 15.9 Å². The lowest BCUT2D eigenvalue weighted by Gasteiger charge is -2.19. The summed E-state index contributed by atoms with van der Waals surface area (Å²) in [7, 11) is 3.96. The summed E-state index contributed by atoms with van der Waals surface area (Å²) in [4.78, 5) is 2.02. The summed E-state index contributed by atoms with van der Waals surface area (Å²) in [6, 6.07) is 10.6. The van der Waals surface area contributed by atoms with Crippen LogP contribution in [-0.2, 0) is 6.54 Å². The van der Waals surface area contributed by atoms with Crippen LogP contribution in [-0.4, -0.2) is 24.3 Å². The van der Waals surface area contributed by atoms with Crippen molar-refractivity contribution in [3.8, 4) is 11.5 Å². The number of phenolic OH excluding ortho intramolecular Hbond substituents is 2. The second kappa shape index (κ2) is 6.05. The maximum absolute atomic E-state index is 9.78. The molecule has 2 aromatic carbocycles. The summed E-state index contributed by atoms with van der Waals surface area (Å²) >= 11 is 3.45. The molecule has 0 amide bonds. The summed E-state index contributed by atoms with van der Waals surface area (Å²) in [5.41, 5.74) is 2.76. The molecule has 3 N–H and O–H groups in total. The van der Waals surface area contributed by atoms with Gasteiger partial charge in [0.2, 0.25) is 0 Å². The normalized spacial score (nSPS) is 10.3. The first kappa shape index (κ1) is 14.5. The maximum Gasteiger partial charge on any atom is 0.124 e. The van der Waals surface area contributed by atoms with Gasteiger partial charge in [0, 0.05) is 36.7 Å². The predicted octanol–water partition coefficient (Wildman–Crippen LogP) is 3.54. The molecule has 0 saturated heterocycles. The van der Waals surface area contributed by atoms with E-state index in [9.17, 15) is 10.2 Å². The van der Waals surface area contributed by atoms with Gasteiger partial charge in [-0.3, -0.25) is 0 Å². The first-order valence-electron chi connectivity index (χ1n) is 6.19. The number of phenols is 2. The van der Waals surface area contributed by atoms with Crippen molar-refractivity contribution in [2.75, 3.05) is 24.3 Å². The van der Waals surface area contributed by atoms with Crippen molar-refractivity contribution in [2.24, 2.45) is 0 Å². The Hall–Kier alpha value is -1.88. The molecule has 0 aliphatic rings. The lowest BCUT2D eigenvalue weighted by molar-refractivity contribution is 0.446. The van der Waals surface area contributed by atoms with E-state index in [1.165, 1.54) is 6.07 Å². The average molecular weight is 337 g/mol. The molecule has 0 atom stereocenters. The van der Waals surface area contributed by atoms with Crippen LogP contribution in [0.4, 0.5) is 11.4 Å². The fraction of sp³-hybridized carbons (Fsp3) is 0.200. The van der Waals surface area contributed by atoms with Gasteiger partial charge in [-0.25, -0.2) is 0 Å².